The highest BCUT2D eigenvalue weighted by atomic mass is 35.5. The third kappa shape index (κ3) is 3.75. The maximum absolute atomic E-state index is 11.2. The molecule has 0 spiro atoms. The van der Waals surface area contributed by atoms with Crippen molar-refractivity contribution in [2.75, 3.05) is 19.6 Å². The Kier molecular flexibility index (Phi) is 5.49. The van der Waals surface area contributed by atoms with Crippen molar-refractivity contribution in [2.24, 2.45) is 0 Å². The Labute approximate surface area is 104 Å². The molecule has 0 saturated carbocycles. The van der Waals surface area contributed by atoms with Gasteiger partial charge in [0.1, 0.15) is 0 Å². The highest BCUT2D eigenvalue weighted by Gasteiger charge is 2.10. The van der Waals surface area contributed by atoms with E-state index in [4.69, 9.17) is 21.1 Å². The maximum Gasteiger partial charge on any atom is 0.225 e. The number of benzene rings is 1. The second-order valence-electron chi connectivity index (χ2n) is 3.24. The van der Waals surface area contributed by atoms with E-state index in [1.807, 2.05) is 0 Å². The average Bonchev–Trinajstić information content (AvgIpc) is 2.38. The Morgan fingerprint density at radius 3 is 2.76 bits per heavy atom. The number of aldehydes is 1. The molecular weight excluding hydrogens is 244 g/mol. The summed E-state index contributed by atoms with van der Waals surface area (Å²) in [7, 11) is 1.47. The molecule has 0 N–H and O–H groups in total. The van der Waals surface area contributed by atoms with Crippen molar-refractivity contribution in [2.45, 2.75) is 6.42 Å². The lowest BCUT2D eigenvalue weighted by Gasteiger charge is -2.10. The second kappa shape index (κ2) is 6.91. The Morgan fingerprint density at radius 2 is 2.18 bits per heavy atom. The van der Waals surface area contributed by atoms with E-state index in [9.17, 15) is 9.59 Å². The predicted molar refractivity (Wildman–Crippen MR) is 64.2 cm³/mol. The normalized spacial score (nSPS) is 9.76. The van der Waals surface area contributed by atoms with E-state index in [0.717, 1.165) is 6.42 Å². The molecule has 0 aliphatic carbocycles. The predicted octanol–water partition coefficient (Wildman–Crippen LogP) is 2.08. The van der Waals surface area contributed by atoms with Crippen LogP contribution in [-0.4, -0.2) is 31.7 Å². The zero-order valence-electron chi connectivity index (χ0n) is 9.44. The molecule has 0 amide bonds. The molecule has 92 valence electrons. The van der Waals surface area contributed by atoms with E-state index in [1.54, 1.807) is 6.07 Å². The van der Waals surface area contributed by atoms with E-state index < -0.39 is 5.78 Å². The number of Topliss-reactive ketones (excluding diaryl/α,β-unsaturated/α-hetero) is 1. The molecule has 1 aromatic carbocycles. The van der Waals surface area contributed by atoms with Crippen molar-refractivity contribution in [3.05, 3.63) is 23.8 Å². The minimum atomic E-state index is -0.587. The number of ether oxygens (including phenoxy) is 2. The van der Waals surface area contributed by atoms with Crippen LogP contribution in [0.5, 0.6) is 11.5 Å². The fourth-order valence-electron chi connectivity index (χ4n) is 1.24. The Hall–Kier alpha value is -1.55. The monoisotopic (exact) mass is 256 g/mol. The molecule has 0 aromatic heterocycles. The Balaban J connectivity index is 2.85. The van der Waals surface area contributed by atoms with Crippen molar-refractivity contribution in [1.29, 1.82) is 0 Å². The number of alkyl halides is 1. The smallest absolute Gasteiger partial charge is 0.225 e. The number of hydrogen-bond acceptors (Lipinski definition) is 4. The first-order valence-corrected chi connectivity index (χ1v) is 5.62. The topological polar surface area (TPSA) is 52.6 Å². The van der Waals surface area contributed by atoms with Gasteiger partial charge in [0.2, 0.25) is 5.78 Å². The van der Waals surface area contributed by atoms with E-state index >= 15 is 0 Å². The molecule has 0 aliphatic heterocycles. The highest BCUT2D eigenvalue weighted by Crippen LogP contribution is 2.28. The van der Waals surface area contributed by atoms with Crippen molar-refractivity contribution in [3.63, 3.8) is 0 Å². The van der Waals surface area contributed by atoms with E-state index in [2.05, 4.69) is 0 Å². The van der Waals surface area contributed by atoms with Crippen LogP contribution in [0.2, 0.25) is 0 Å². The van der Waals surface area contributed by atoms with E-state index in [-0.39, 0.29) is 11.8 Å². The number of halogens is 1. The van der Waals surface area contributed by atoms with Crippen LogP contribution in [0.15, 0.2) is 18.2 Å². The van der Waals surface area contributed by atoms with Crippen LogP contribution >= 0.6 is 11.6 Å². The molecule has 5 heteroatoms. The van der Waals surface area contributed by atoms with Gasteiger partial charge in [0.05, 0.1) is 13.7 Å². The minimum absolute atomic E-state index is 0.267. The van der Waals surface area contributed by atoms with Gasteiger partial charge in [-0.1, -0.05) is 0 Å². The van der Waals surface area contributed by atoms with Gasteiger partial charge in [-0.15, -0.1) is 11.6 Å². The van der Waals surface area contributed by atoms with Crippen LogP contribution in [-0.2, 0) is 4.79 Å². The SMILES string of the molecule is COc1cc(C(=O)C=O)ccc1OCCCCl. The van der Waals surface area contributed by atoms with Gasteiger partial charge in [-0.3, -0.25) is 9.59 Å². The fourth-order valence-corrected chi connectivity index (χ4v) is 1.35. The number of ketones is 1. The first-order chi connectivity index (χ1) is 8.22. The van der Waals surface area contributed by atoms with Crippen LogP contribution < -0.4 is 9.47 Å². The van der Waals surface area contributed by atoms with Gasteiger partial charge in [0.15, 0.2) is 17.8 Å². The summed E-state index contributed by atoms with van der Waals surface area (Å²) in [5, 5.41) is 0. The molecule has 0 atom stereocenters. The molecule has 0 radical (unpaired) electrons. The zero-order chi connectivity index (χ0) is 12.7. The number of rotatable bonds is 7. The minimum Gasteiger partial charge on any atom is -0.493 e. The number of methoxy groups -OCH3 is 1. The molecule has 0 bridgehead atoms. The third-order valence-corrected chi connectivity index (χ3v) is 2.36. The van der Waals surface area contributed by atoms with Crippen LogP contribution in [0.3, 0.4) is 0 Å². The summed E-state index contributed by atoms with van der Waals surface area (Å²) in [6, 6.07) is 4.60. The summed E-state index contributed by atoms with van der Waals surface area (Å²) >= 11 is 5.53. The van der Waals surface area contributed by atoms with Gasteiger partial charge in [-0.25, -0.2) is 0 Å². The standard InChI is InChI=1S/C12H13ClO4/c1-16-12-7-9(10(15)8-14)3-4-11(12)17-6-2-5-13/h3-4,7-8H,2,5-6H2,1H3. The summed E-state index contributed by atoms with van der Waals surface area (Å²) in [5.74, 6) is 0.882. The summed E-state index contributed by atoms with van der Waals surface area (Å²) in [4.78, 5) is 21.5. The summed E-state index contributed by atoms with van der Waals surface area (Å²) in [6.07, 6.45) is 0.989. The van der Waals surface area contributed by atoms with Gasteiger partial charge in [0.25, 0.3) is 0 Å². The number of hydrogen-bond donors (Lipinski definition) is 0. The molecule has 0 aliphatic rings. The molecule has 0 fully saturated rings. The van der Waals surface area contributed by atoms with Crippen LogP contribution in [0.4, 0.5) is 0 Å². The van der Waals surface area contributed by atoms with Gasteiger partial charge in [-0.05, 0) is 24.6 Å². The molecule has 17 heavy (non-hydrogen) atoms. The first-order valence-electron chi connectivity index (χ1n) is 5.09. The van der Waals surface area contributed by atoms with Crippen molar-refractivity contribution in [1.82, 2.24) is 0 Å². The van der Waals surface area contributed by atoms with Crippen LogP contribution in [0.1, 0.15) is 16.8 Å². The van der Waals surface area contributed by atoms with Crippen molar-refractivity contribution in [3.8, 4) is 11.5 Å². The van der Waals surface area contributed by atoms with Gasteiger partial charge < -0.3 is 9.47 Å². The van der Waals surface area contributed by atoms with Crippen molar-refractivity contribution < 1.29 is 19.1 Å². The summed E-state index contributed by atoms with van der Waals surface area (Å²) in [6.45, 7) is 0.473. The second-order valence-corrected chi connectivity index (χ2v) is 3.62. The van der Waals surface area contributed by atoms with Crippen LogP contribution in [0, 0.1) is 0 Å². The highest BCUT2D eigenvalue weighted by molar-refractivity contribution is 6.33. The summed E-state index contributed by atoms with van der Waals surface area (Å²) in [5.41, 5.74) is 0.279. The molecule has 0 unspecified atom stereocenters. The lowest BCUT2D eigenvalue weighted by molar-refractivity contribution is -0.104. The summed E-state index contributed by atoms with van der Waals surface area (Å²) < 4.78 is 10.5. The van der Waals surface area contributed by atoms with Crippen molar-refractivity contribution >= 4 is 23.7 Å². The quantitative estimate of drug-likeness (QED) is 0.246. The van der Waals surface area contributed by atoms with Gasteiger partial charge in [0, 0.05) is 11.4 Å². The lowest BCUT2D eigenvalue weighted by Crippen LogP contribution is -2.03. The molecular formula is C12H13ClO4. The molecule has 0 heterocycles. The molecule has 1 rings (SSSR count). The molecule has 4 nitrogen and oxygen atoms in total. The largest absolute Gasteiger partial charge is 0.493 e. The van der Waals surface area contributed by atoms with E-state index in [0.29, 0.717) is 24.0 Å². The maximum atomic E-state index is 11.2. The number of carbonyl (C=O) groups excluding carboxylic acids is 2. The Morgan fingerprint density at radius 1 is 1.41 bits per heavy atom. The van der Waals surface area contributed by atoms with Gasteiger partial charge >= 0.3 is 0 Å². The average molecular weight is 257 g/mol. The molecule has 0 saturated heterocycles. The number of carbonyl (C=O) groups is 2. The fraction of sp³-hybridized carbons (Fsp3) is 0.333. The third-order valence-electron chi connectivity index (χ3n) is 2.09. The lowest BCUT2D eigenvalue weighted by atomic mass is 10.1. The molecule has 1 aromatic rings. The van der Waals surface area contributed by atoms with Gasteiger partial charge in [-0.2, -0.15) is 0 Å². The zero-order valence-corrected chi connectivity index (χ0v) is 10.2. The van der Waals surface area contributed by atoms with Crippen LogP contribution in [0.25, 0.3) is 0 Å². The van der Waals surface area contributed by atoms with E-state index in [1.165, 1.54) is 19.2 Å². The Bertz CT molecular complexity index is 403. The first kappa shape index (κ1) is 13.5.